The molecule has 0 aliphatic rings. The van der Waals surface area contributed by atoms with E-state index in [1.54, 1.807) is 12.1 Å². The standard InChI is InChI=1S/C25H22N6O3.C2H6/c1-3-34-25-26-21-10-6-9-20(24(32)33-2)22(21)31(25)15-16-11-13-17(14-12-16)18-7-4-5-8-19(18)23-27-29-30-28-23;1-2/h4-14H,3,15H2,1-2H3,(H,27,28,29,30);1-2H3. The Kier molecular flexibility index (Phi) is 7.69. The molecule has 0 atom stereocenters. The van der Waals surface area contributed by atoms with Crippen molar-refractivity contribution < 1.29 is 14.3 Å². The minimum Gasteiger partial charge on any atom is -0.465 e. The van der Waals surface area contributed by atoms with Crippen LogP contribution >= 0.6 is 0 Å². The second kappa shape index (κ2) is 11.3. The first-order chi connectivity index (χ1) is 17.7. The lowest BCUT2D eigenvalue weighted by molar-refractivity contribution is 0.0602. The van der Waals surface area contributed by atoms with Crippen molar-refractivity contribution in [3.63, 3.8) is 0 Å². The van der Waals surface area contributed by atoms with Crippen molar-refractivity contribution in [3.05, 3.63) is 77.9 Å². The average Bonchev–Trinajstić information content (AvgIpc) is 3.59. The Balaban J connectivity index is 0.00000148. The van der Waals surface area contributed by atoms with Gasteiger partial charge in [0.25, 0.3) is 6.01 Å². The molecule has 0 aliphatic heterocycles. The number of rotatable bonds is 7. The van der Waals surface area contributed by atoms with Crippen molar-refractivity contribution in [2.45, 2.75) is 27.3 Å². The van der Waals surface area contributed by atoms with Gasteiger partial charge in [-0.2, -0.15) is 10.2 Å². The number of esters is 1. The highest BCUT2D eigenvalue weighted by Gasteiger charge is 2.20. The Hall–Kier alpha value is -4.53. The third-order valence-electron chi connectivity index (χ3n) is 5.53. The maximum Gasteiger partial charge on any atom is 0.340 e. The van der Waals surface area contributed by atoms with E-state index in [2.05, 4.69) is 37.7 Å². The highest BCUT2D eigenvalue weighted by atomic mass is 16.5. The van der Waals surface area contributed by atoms with E-state index in [4.69, 9.17) is 9.47 Å². The van der Waals surface area contributed by atoms with E-state index in [9.17, 15) is 4.79 Å². The first kappa shape index (κ1) is 24.6. The second-order valence-corrected chi connectivity index (χ2v) is 7.56. The van der Waals surface area contributed by atoms with Crippen LogP contribution in [-0.2, 0) is 11.3 Å². The molecule has 0 fully saturated rings. The van der Waals surface area contributed by atoms with Gasteiger partial charge in [-0.1, -0.05) is 68.4 Å². The number of nitrogens with zero attached hydrogens (tertiary/aromatic N) is 5. The van der Waals surface area contributed by atoms with Crippen molar-refractivity contribution in [1.82, 2.24) is 30.2 Å². The number of aromatic amines is 1. The summed E-state index contributed by atoms with van der Waals surface area (Å²) >= 11 is 0. The van der Waals surface area contributed by atoms with Crippen molar-refractivity contribution in [3.8, 4) is 28.5 Å². The molecule has 36 heavy (non-hydrogen) atoms. The zero-order chi connectivity index (χ0) is 25.5. The molecule has 0 saturated heterocycles. The van der Waals surface area contributed by atoms with Crippen LogP contribution in [0.4, 0.5) is 0 Å². The van der Waals surface area contributed by atoms with Gasteiger partial charge >= 0.3 is 5.97 Å². The van der Waals surface area contributed by atoms with Gasteiger partial charge in [-0.05, 0) is 41.0 Å². The molecule has 5 aromatic rings. The average molecular weight is 485 g/mol. The fourth-order valence-electron chi connectivity index (χ4n) is 4.00. The van der Waals surface area contributed by atoms with Crippen molar-refractivity contribution in [2.75, 3.05) is 13.7 Å². The Morgan fingerprint density at radius 3 is 2.39 bits per heavy atom. The van der Waals surface area contributed by atoms with Crippen LogP contribution in [-0.4, -0.2) is 49.9 Å². The molecule has 0 amide bonds. The maximum atomic E-state index is 12.4. The summed E-state index contributed by atoms with van der Waals surface area (Å²) in [5.41, 5.74) is 5.77. The molecule has 0 radical (unpaired) electrons. The molecular weight excluding hydrogens is 456 g/mol. The Morgan fingerprint density at radius 2 is 1.72 bits per heavy atom. The second-order valence-electron chi connectivity index (χ2n) is 7.56. The maximum absolute atomic E-state index is 12.4. The van der Waals surface area contributed by atoms with Gasteiger partial charge in [0.15, 0.2) is 0 Å². The fourth-order valence-corrected chi connectivity index (χ4v) is 4.00. The summed E-state index contributed by atoms with van der Waals surface area (Å²) in [6.07, 6.45) is 0. The van der Waals surface area contributed by atoms with Crippen LogP contribution in [0.25, 0.3) is 33.5 Å². The molecule has 184 valence electrons. The lowest BCUT2D eigenvalue weighted by atomic mass is 9.98. The van der Waals surface area contributed by atoms with Gasteiger partial charge in [0.05, 0.1) is 36.9 Å². The quantitative estimate of drug-likeness (QED) is 0.319. The van der Waals surface area contributed by atoms with Crippen LogP contribution in [0.1, 0.15) is 36.7 Å². The summed E-state index contributed by atoms with van der Waals surface area (Å²) in [6, 6.07) is 22.0. The first-order valence-electron chi connectivity index (χ1n) is 11.8. The Morgan fingerprint density at radius 1 is 0.972 bits per heavy atom. The van der Waals surface area contributed by atoms with Crippen molar-refractivity contribution in [2.24, 2.45) is 0 Å². The largest absolute Gasteiger partial charge is 0.465 e. The number of nitrogens with one attached hydrogen (secondary N) is 1. The molecular formula is C27H28N6O3. The number of carbonyl (C=O) groups is 1. The molecule has 9 nitrogen and oxygen atoms in total. The van der Waals surface area contributed by atoms with E-state index in [1.807, 2.05) is 67.8 Å². The summed E-state index contributed by atoms with van der Waals surface area (Å²) in [5, 5.41) is 14.4. The van der Waals surface area contributed by atoms with Crippen LogP contribution in [0.5, 0.6) is 6.01 Å². The predicted molar refractivity (Wildman–Crippen MR) is 138 cm³/mol. The van der Waals surface area contributed by atoms with Gasteiger partial charge in [-0.3, -0.25) is 4.57 Å². The number of ether oxygens (including phenoxy) is 2. The summed E-state index contributed by atoms with van der Waals surface area (Å²) < 4.78 is 12.7. The van der Waals surface area contributed by atoms with Gasteiger partial charge in [0, 0.05) is 5.56 Å². The molecule has 2 heterocycles. The monoisotopic (exact) mass is 484 g/mol. The smallest absolute Gasteiger partial charge is 0.340 e. The van der Waals surface area contributed by atoms with E-state index in [1.165, 1.54) is 7.11 Å². The summed E-state index contributed by atoms with van der Waals surface area (Å²) in [4.78, 5) is 17.0. The molecule has 0 unspecified atom stereocenters. The normalized spacial score (nSPS) is 10.6. The number of methoxy groups -OCH3 is 1. The predicted octanol–water partition coefficient (Wildman–Crippen LogP) is 5.14. The molecule has 0 aliphatic carbocycles. The number of fused-ring (bicyclic) bond motifs is 1. The molecule has 0 saturated carbocycles. The van der Waals surface area contributed by atoms with Gasteiger partial charge < -0.3 is 9.47 Å². The molecule has 5 rings (SSSR count). The third kappa shape index (κ3) is 4.81. The topological polar surface area (TPSA) is 108 Å². The van der Waals surface area contributed by atoms with Crippen LogP contribution in [0.3, 0.4) is 0 Å². The first-order valence-corrected chi connectivity index (χ1v) is 11.8. The number of tetrazole rings is 1. The lowest BCUT2D eigenvalue weighted by Crippen LogP contribution is -2.09. The molecule has 0 spiro atoms. The van der Waals surface area contributed by atoms with Crippen molar-refractivity contribution in [1.29, 1.82) is 0 Å². The van der Waals surface area contributed by atoms with E-state index in [0.717, 1.165) is 22.3 Å². The zero-order valence-corrected chi connectivity index (χ0v) is 20.7. The van der Waals surface area contributed by atoms with Gasteiger partial charge in [0.2, 0.25) is 5.82 Å². The number of hydrogen-bond donors (Lipinski definition) is 1. The minimum atomic E-state index is -0.414. The van der Waals surface area contributed by atoms with Crippen LogP contribution in [0, 0.1) is 0 Å². The van der Waals surface area contributed by atoms with E-state index in [0.29, 0.717) is 41.6 Å². The highest BCUT2D eigenvalue weighted by molar-refractivity contribution is 6.02. The van der Waals surface area contributed by atoms with Gasteiger partial charge in [-0.25, -0.2) is 4.79 Å². The van der Waals surface area contributed by atoms with Crippen LogP contribution in [0.15, 0.2) is 66.7 Å². The Labute approximate surface area is 209 Å². The molecule has 9 heteroatoms. The summed E-state index contributed by atoms with van der Waals surface area (Å²) in [6.45, 7) is 6.84. The Bertz CT molecular complexity index is 1440. The third-order valence-corrected chi connectivity index (χ3v) is 5.53. The van der Waals surface area contributed by atoms with E-state index < -0.39 is 5.97 Å². The number of aromatic nitrogens is 6. The van der Waals surface area contributed by atoms with Gasteiger partial charge in [-0.15, -0.1) is 10.2 Å². The van der Waals surface area contributed by atoms with Crippen LogP contribution in [0.2, 0.25) is 0 Å². The van der Waals surface area contributed by atoms with Crippen LogP contribution < -0.4 is 4.74 Å². The lowest BCUT2D eigenvalue weighted by Gasteiger charge is -2.12. The molecule has 1 N–H and O–H groups in total. The number of benzene rings is 3. The molecule has 3 aromatic carbocycles. The fraction of sp³-hybridized carbons (Fsp3) is 0.222. The number of carbonyl (C=O) groups excluding carboxylic acids is 1. The summed E-state index contributed by atoms with van der Waals surface area (Å²) in [5.74, 6) is 0.129. The number of imidazole rings is 1. The van der Waals surface area contributed by atoms with Crippen molar-refractivity contribution >= 4 is 17.0 Å². The number of para-hydroxylation sites is 1. The molecule has 0 bridgehead atoms. The number of hydrogen-bond acceptors (Lipinski definition) is 7. The minimum absolute atomic E-state index is 0.414. The number of H-pyrrole nitrogens is 1. The highest BCUT2D eigenvalue weighted by Crippen LogP contribution is 2.31. The molecule has 2 aromatic heterocycles. The zero-order valence-electron chi connectivity index (χ0n) is 20.7. The van der Waals surface area contributed by atoms with E-state index in [-0.39, 0.29) is 0 Å². The SMILES string of the molecule is CC.CCOc1nc2cccc(C(=O)OC)c2n1Cc1ccc(-c2ccccc2-c2nn[nH]n2)cc1. The van der Waals surface area contributed by atoms with E-state index >= 15 is 0 Å². The summed E-state index contributed by atoms with van der Waals surface area (Å²) in [7, 11) is 1.37. The van der Waals surface area contributed by atoms with Gasteiger partial charge in [0.1, 0.15) is 0 Å².